The van der Waals surface area contributed by atoms with E-state index >= 15 is 0 Å². The van der Waals surface area contributed by atoms with Crippen LogP contribution in [0.4, 0.5) is 0 Å². The first-order valence-electron chi connectivity index (χ1n) is 8.64. The van der Waals surface area contributed by atoms with Crippen molar-refractivity contribution in [1.82, 2.24) is 0 Å². The number of carbonyl (C=O) groups is 1. The van der Waals surface area contributed by atoms with Crippen LogP contribution in [-0.4, -0.2) is 11.1 Å². The summed E-state index contributed by atoms with van der Waals surface area (Å²) in [4.78, 5) is 11.9. The van der Waals surface area contributed by atoms with Gasteiger partial charge in [0.2, 0.25) is 0 Å². The molecule has 0 saturated carbocycles. The molecule has 0 aliphatic heterocycles. The van der Waals surface area contributed by atoms with Gasteiger partial charge < -0.3 is 9.84 Å². The molecule has 1 aromatic carbocycles. The van der Waals surface area contributed by atoms with Crippen molar-refractivity contribution in [2.45, 2.75) is 78.6 Å². The Balaban J connectivity index is 3.75. The second-order valence-corrected chi connectivity index (χ2v) is 8.28. The minimum absolute atomic E-state index is 0.256. The van der Waals surface area contributed by atoms with E-state index in [1.807, 2.05) is 32.9 Å². The van der Waals surface area contributed by atoms with Crippen LogP contribution < -0.4 is 4.74 Å². The SMILES string of the molecule is C=CCCc1c(OC(=O)CC)cc(C(C)(C)C)c(O)c1C(C)(C)C. The van der Waals surface area contributed by atoms with E-state index in [9.17, 15) is 9.90 Å². The van der Waals surface area contributed by atoms with Crippen molar-refractivity contribution in [1.29, 1.82) is 0 Å². The minimum atomic E-state index is -0.269. The molecule has 0 atom stereocenters. The summed E-state index contributed by atoms with van der Waals surface area (Å²) in [6.07, 6.45) is 3.60. The zero-order chi connectivity index (χ0) is 18.7. The predicted molar refractivity (Wildman–Crippen MR) is 100.0 cm³/mol. The predicted octanol–water partition coefficient (Wildman–Crippen LogP) is 5.42. The van der Waals surface area contributed by atoms with Gasteiger partial charge in [-0.1, -0.05) is 54.5 Å². The first kappa shape index (κ1) is 20.3. The number of allylic oxidation sites excluding steroid dienone is 1. The number of carbonyl (C=O) groups excluding carboxylic acids is 1. The molecular formula is C21H32O3. The van der Waals surface area contributed by atoms with Gasteiger partial charge in [-0.2, -0.15) is 0 Å². The maximum Gasteiger partial charge on any atom is 0.310 e. The monoisotopic (exact) mass is 332 g/mol. The fourth-order valence-electron chi connectivity index (χ4n) is 2.85. The highest BCUT2D eigenvalue weighted by molar-refractivity contribution is 5.73. The highest BCUT2D eigenvalue weighted by Crippen LogP contribution is 2.45. The molecule has 3 heteroatoms. The van der Waals surface area contributed by atoms with Crippen molar-refractivity contribution in [2.24, 2.45) is 0 Å². The third-order valence-electron chi connectivity index (χ3n) is 4.04. The average molecular weight is 332 g/mol. The van der Waals surface area contributed by atoms with Crippen LogP contribution in [0.1, 0.15) is 78.0 Å². The lowest BCUT2D eigenvalue weighted by Gasteiger charge is -2.31. The van der Waals surface area contributed by atoms with Gasteiger partial charge in [0.05, 0.1) is 0 Å². The molecule has 0 heterocycles. The van der Waals surface area contributed by atoms with Gasteiger partial charge in [0.1, 0.15) is 11.5 Å². The van der Waals surface area contributed by atoms with Crippen LogP contribution in [0.15, 0.2) is 18.7 Å². The second-order valence-electron chi connectivity index (χ2n) is 8.28. The Morgan fingerprint density at radius 1 is 1.21 bits per heavy atom. The standard InChI is InChI=1S/C21H32O3/c1-9-11-12-14-16(24-17(22)10-2)13-15(20(3,4)5)19(23)18(14)21(6,7)8/h9,13,23H,1,10-12H2,2-8H3. The molecule has 0 unspecified atom stereocenters. The third-order valence-corrected chi connectivity index (χ3v) is 4.04. The maximum atomic E-state index is 11.9. The zero-order valence-electron chi connectivity index (χ0n) is 16.2. The number of rotatable bonds is 5. The van der Waals surface area contributed by atoms with Gasteiger partial charge in [0.25, 0.3) is 0 Å². The van der Waals surface area contributed by atoms with Crippen LogP contribution >= 0.6 is 0 Å². The van der Waals surface area contributed by atoms with E-state index in [4.69, 9.17) is 4.74 Å². The number of hydrogen-bond donors (Lipinski definition) is 1. The summed E-state index contributed by atoms with van der Waals surface area (Å²) >= 11 is 0. The number of ether oxygens (including phenoxy) is 1. The Morgan fingerprint density at radius 2 is 1.79 bits per heavy atom. The van der Waals surface area contributed by atoms with E-state index in [-0.39, 0.29) is 16.8 Å². The Labute approximate surface area is 146 Å². The highest BCUT2D eigenvalue weighted by atomic mass is 16.5. The quantitative estimate of drug-likeness (QED) is 0.445. The lowest BCUT2D eigenvalue weighted by Crippen LogP contribution is -2.21. The fourth-order valence-corrected chi connectivity index (χ4v) is 2.85. The molecule has 24 heavy (non-hydrogen) atoms. The molecule has 0 fully saturated rings. The average Bonchev–Trinajstić information content (AvgIpc) is 2.43. The van der Waals surface area contributed by atoms with E-state index in [0.717, 1.165) is 23.1 Å². The van der Waals surface area contributed by atoms with E-state index in [2.05, 4.69) is 27.4 Å². The Hall–Kier alpha value is -1.77. The normalized spacial score (nSPS) is 12.1. The van der Waals surface area contributed by atoms with Gasteiger partial charge in [-0.25, -0.2) is 0 Å². The number of phenols is 1. The number of aromatic hydroxyl groups is 1. The van der Waals surface area contributed by atoms with Crippen molar-refractivity contribution >= 4 is 5.97 Å². The largest absolute Gasteiger partial charge is 0.507 e. The van der Waals surface area contributed by atoms with Crippen molar-refractivity contribution in [3.8, 4) is 11.5 Å². The summed E-state index contributed by atoms with van der Waals surface area (Å²) in [5.74, 6) is 0.613. The topological polar surface area (TPSA) is 46.5 Å². The van der Waals surface area contributed by atoms with E-state index in [1.165, 1.54) is 0 Å². The van der Waals surface area contributed by atoms with Gasteiger partial charge in [-0.15, -0.1) is 6.58 Å². The van der Waals surface area contributed by atoms with Gasteiger partial charge >= 0.3 is 5.97 Å². The molecule has 0 aliphatic rings. The maximum absolute atomic E-state index is 11.9. The third kappa shape index (κ3) is 4.62. The van der Waals surface area contributed by atoms with Crippen LogP contribution in [0.3, 0.4) is 0 Å². The van der Waals surface area contributed by atoms with E-state index in [0.29, 0.717) is 24.3 Å². The Morgan fingerprint density at radius 3 is 2.21 bits per heavy atom. The molecule has 0 bridgehead atoms. The number of hydrogen-bond acceptors (Lipinski definition) is 3. The second kappa shape index (κ2) is 7.42. The molecule has 0 spiro atoms. The summed E-state index contributed by atoms with van der Waals surface area (Å²) in [5.41, 5.74) is 2.03. The summed E-state index contributed by atoms with van der Waals surface area (Å²) < 4.78 is 5.63. The molecule has 0 aromatic heterocycles. The van der Waals surface area contributed by atoms with Gasteiger partial charge in [-0.3, -0.25) is 4.79 Å². The molecule has 1 aromatic rings. The van der Waals surface area contributed by atoms with Crippen molar-refractivity contribution in [3.63, 3.8) is 0 Å². The molecule has 1 N–H and O–H groups in total. The summed E-state index contributed by atoms with van der Waals surface area (Å²) in [5, 5.41) is 11.0. The molecule has 0 aliphatic carbocycles. The summed E-state index contributed by atoms with van der Waals surface area (Å²) in [6, 6.07) is 1.83. The van der Waals surface area contributed by atoms with E-state index < -0.39 is 0 Å². The Kier molecular flexibility index (Phi) is 6.26. The van der Waals surface area contributed by atoms with Gasteiger partial charge in [-0.05, 0) is 29.7 Å². The minimum Gasteiger partial charge on any atom is -0.507 e. The molecule has 3 nitrogen and oxygen atoms in total. The van der Waals surface area contributed by atoms with Crippen LogP contribution in [0, 0.1) is 0 Å². The van der Waals surface area contributed by atoms with Crippen molar-refractivity contribution in [3.05, 3.63) is 35.4 Å². The highest BCUT2D eigenvalue weighted by Gasteiger charge is 2.31. The molecule has 0 amide bonds. The van der Waals surface area contributed by atoms with E-state index in [1.54, 1.807) is 6.92 Å². The molecular weight excluding hydrogens is 300 g/mol. The number of phenolic OH excluding ortho intramolecular Hbond substituents is 1. The van der Waals surface area contributed by atoms with Crippen molar-refractivity contribution in [2.75, 3.05) is 0 Å². The van der Waals surface area contributed by atoms with Gasteiger partial charge in [0, 0.05) is 23.1 Å². The first-order chi connectivity index (χ1) is 10.9. The molecule has 0 saturated heterocycles. The first-order valence-corrected chi connectivity index (χ1v) is 8.64. The number of esters is 1. The summed E-state index contributed by atoms with van der Waals surface area (Å²) in [7, 11) is 0. The van der Waals surface area contributed by atoms with Crippen LogP contribution in [0.25, 0.3) is 0 Å². The Bertz CT molecular complexity index is 613. The lowest BCUT2D eigenvalue weighted by atomic mass is 9.76. The molecule has 0 radical (unpaired) electrons. The molecule has 1 rings (SSSR count). The van der Waals surface area contributed by atoms with Crippen LogP contribution in [-0.2, 0) is 22.0 Å². The number of benzene rings is 1. The van der Waals surface area contributed by atoms with Crippen molar-refractivity contribution < 1.29 is 14.6 Å². The molecule has 134 valence electrons. The lowest BCUT2D eigenvalue weighted by molar-refractivity contribution is -0.134. The van der Waals surface area contributed by atoms with Crippen LogP contribution in [0.2, 0.25) is 0 Å². The summed E-state index contributed by atoms with van der Waals surface area (Å²) in [6.45, 7) is 17.9. The van der Waals surface area contributed by atoms with Crippen LogP contribution in [0.5, 0.6) is 11.5 Å². The fraction of sp³-hybridized carbons (Fsp3) is 0.571. The smallest absolute Gasteiger partial charge is 0.310 e. The van der Waals surface area contributed by atoms with Gasteiger partial charge in [0.15, 0.2) is 0 Å². The zero-order valence-corrected chi connectivity index (χ0v) is 16.2.